The largest absolute Gasteiger partial charge is 0.386 e. The predicted octanol–water partition coefficient (Wildman–Crippen LogP) is 4.04. The number of rotatable bonds is 7. The summed E-state index contributed by atoms with van der Waals surface area (Å²) in [5, 5.41) is 17.0. The van der Waals surface area contributed by atoms with Crippen molar-refractivity contribution < 1.29 is 17.6 Å². The zero-order valence-corrected chi connectivity index (χ0v) is 21.6. The second-order valence-electron chi connectivity index (χ2n) is 9.23. The number of benzene rings is 2. The van der Waals surface area contributed by atoms with Gasteiger partial charge in [-0.15, -0.1) is 0 Å². The Bertz CT molecular complexity index is 1460. The lowest BCUT2D eigenvalue weighted by Crippen LogP contribution is -2.32. The number of carbonyl (C=O) groups excluding carboxylic acids is 1. The van der Waals surface area contributed by atoms with Crippen LogP contribution in [0.5, 0.6) is 0 Å². The van der Waals surface area contributed by atoms with Crippen molar-refractivity contribution in [3.05, 3.63) is 78.0 Å². The van der Waals surface area contributed by atoms with Crippen molar-refractivity contribution in [2.24, 2.45) is 0 Å². The number of nitrogens with two attached hydrogens (primary N) is 1. The molecule has 0 saturated carbocycles. The summed E-state index contributed by atoms with van der Waals surface area (Å²) in [5.74, 6) is -0.643. The van der Waals surface area contributed by atoms with Gasteiger partial charge in [-0.1, -0.05) is 0 Å². The highest BCUT2D eigenvalue weighted by Crippen LogP contribution is 2.25. The van der Waals surface area contributed by atoms with E-state index in [0.29, 0.717) is 16.8 Å². The number of hydrogen-bond acceptors (Lipinski definition) is 8. The SMILES string of the molecule is CC(C)(C)N/C=C(\C(=N)c1ccnc(N)n1)c1cc(F)cc(NC(=O)Nc2ccc(S(C)(=O)=O)cc2)c1. The minimum absolute atomic E-state index is 0.00628. The number of hydrogen-bond donors (Lipinski definition) is 5. The standard InChI is InChI=1S/C25H28FN7O3S/c1-25(2,3)30-14-20(22(27)21-9-10-29-23(28)33-21)15-11-16(26)13-18(12-15)32-24(34)31-17-5-7-19(8-6-17)37(4,35)36/h5-14,27,30H,1-4H3,(H2,28,29,33)(H2,31,32,34)/b20-14-,27-22?. The Kier molecular flexibility index (Phi) is 7.92. The number of carbonyl (C=O) groups is 1. The highest BCUT2D eigenvalue weighted by Gasteiger charge is 2.17. The molecular formula is C25H28FN7O3S. The fourth-order valence-electron chi connectivity index (χ4n) is 3.14. The number of amides is 2. The highest BCUT2D eigenvalue weighted by molar-refractivity contribution is 7.90. The van der Waals surface area contributed by atoms with Crippen molar-refractivity contribution in [2.75, 3.05) is 22.6 Å². The summed E-state index contributed by atoms with van der Waals surface area (Å²) in [4.78, 5) is 20.6. The molecule has 0 unspecified atom stereocenters. The Morgan fingerprint density at radius 2 is 1.70 bits per heavy atom. The molecule has 0 radical (unpaired) electrons. The highest BCUT2D eigenvalue weighted by atomic mass is 32.2. The smallest absolute Gasteiger partial charge is 0.323 e. The molecule has 0 aliphatic carbocycles. The summed E-state index contributed by atoms with van der Waals surface area (Å²) in [7, 11) is -3.37. The van der Waals surface area contributed by atoms with Crippen molar-refractivity contribution in [3.8, 4) is 0 Å². The van der Waals surface area contributed by atoms with Gasteiger partial charge in [0.2, 0.25) is 5.95 Å². The first-order valence-corrected chi connectivity index (χ1v) is 13.0. The van der Waals surface area contributed by atoms with Crippen LogP contribution in [0.1, 0.15) is 32.0 Å². The van der Waals surface area contributed by atoms with Crippen molar-refractivity contribution in [1.82, 2.24) is 15.3 Å². The van der Waals surface area contributed by atoms with Crippen LogP contribution in [0, 0.1) is 11.2 Å². The van der Waals surface area contributed by atoms with Gasteiger partial charge in [-0.05, 0) is 74.9 Å². The van der Waals surface area contributed by atoms with Gasteiger partial charge < -0.3 is 21.7 Å². The van der Waals surface area contributed by atoms with Crippen molar-refractivity contribution in [1.29, 1.82) is 5.41 Å². The molecule has 3 rings (SSSR count). The second kappa shape index (κ2) is 10.7. The summed E-state index contributed by atoms with van der Waals surface area (Å²) < 4.78 is 37.9. The molecule has 0 saturated heterocycles. The first-order chi connectivity index (χ1) is 17.2. The molecule has 0 bridgehead atoms. The van der Waals surface area contributed by atoms with Crippen LogP contribution >= 0.6 is 0 Å². The third kappa shape index (κ3) is 7.84. The zero-order chi connectivity index (χ0) is 27.4. The number of urea groups is 1. The molecule has 0 aliphatic rings. The van der Waals surface area contributed by atoms with Crippen LogP contribution in [0.4, 0.5) is 26.5 Å². The maximum Gasteiger partial charge on any atom is 0.323 e. The third-order valence-electron chi connectivity index (χ3n) is 4.86. The van der Waals surface area contributed by atoms with Gasteiger partial charge in [-0.2, -0.15) is 0 Å². The molecule has 2 amide bonds. The minimum Gasteiger partial charge on any atom is -0.386 e. The van der Waals surface area contributed by atoms with E-state index in [1.807, 2.05) is 20.8 Å². The average Bonchev–Trinajstić information content (AvgIpc) is 2.77. The Hall–Kier alpha value is -4.32. The molecule has 12 heteroatoms. The lowest BCUT2D eigenvalue weighted by Gasteiger charge is -2.21. The van der Waals surface area contributed by atoms with Crippen LogP contribution < -0.4 is 21.7 Å². The van der Waals surface area contributed by atoms with Gasteiger partial charge in [-0.3, -0.25) is 5.41 Å². The van der Waals surface area contributed by atoms with Crippen molar-refractivity contribution in [3.63, 3.8) is 0 Å². The third-order valence-corrected chi connectivity index (χ3v) is 5.98. The van der Waals surface area contributed by atoms with E-state index in [9.17, 15) is 17.6 Å². The van der Waals surface area contributed by atoms with E-state index in [1.54, 1.807) is 6.20 Å². The maximum atomic E-state index is 14.6. The molecule has 1 heterocycles. The van der Waals surface area contributed by atoms with E-state index in [0.717, 1.165) is 12.3 Å². The van der Waals surface area contributed by atoms with Crippen molar-refractivity contribution >= 4 is 44.5 Å². The van der Waals surface area contributed by atoms with Crippen LogP contribution in [-0.2, 0) is 9.84 Å². The van der Waals surface area contributed by atoms with Crippen LogP contribution in [0.25, 0.3) is 5.57 Å². The molecular weight excluding hydrogens is 497 g/mol. The normalized spacial score (nSPS) is 12.1. The maximum absolute atomic E-state index is 14.6. The molecule has 10 nitrogen and oxygen atoms in total. The Morgan fingerprint density at radius 1 is 1.05 bits per heavy atom. The van der Waals surface area contributed by atoms with E-state index < -0.39 is 21.7 Å². The summed E-state index contributed by atoms with van der Waals surface area (Å²) >= 11 is 0. The van der Waals surface area contributed by atoms with E-state index in [-0.39, 0.29) is 33.5 Å². The Morgan fingerprint density at radius 3 is 2.30 bits per heavy atom. The first-order valence-electron chi connectivity index (χ1n) is 11.1. The lowest BCUT2D eigenvalue weighted by atomic mass is 9.98. The predicted molar refractivity (Wildman–Crippen MR) is 143 cm³/mol. The summed E-state index contributed by atoms with van der Waals surface area (Å²) in [6.07, 6.45) is 4.09. The Balaban J connectivity index is 1.89. The monoisotopic (exact) mass is 525 g/mol. The number of allylic oxidation sites excluding steroid dienone is 1. The van der Waals surface area contributed by atoms with Crippen molar-refractivity contribution in [2.45, 2.75) is 31.2 Å². The molecule has 0 spiro atoms. The van der Waals surface area contributed by atoms with Gasteiger partial charge in [0.25, 0.3) is 0 Å². The van der Waals surface area contributed by atoms with Gasteiger partial charge >= 0.3 is 6.03 Å². The minimum atomic E-state index is -3.37. The summed E-state index contributed by atoms with van der Waals surface area (Å²) in [6.45, 7) is 5.79. The Labute approximate surface area is 214 Å². The quantitative estimate of drug-likeness (QED) is 0.291. The molecule has 0 aliphatic heterocycles. The van der Waals surface area contributed by atoms with Gasteiger partial charge in [0.05, 0.1) is 16.3 Å². The van der Waals surface area contributed by atoms with Crippen LogP contribution in [-0.4, -0.2) is 41.9 Å². The zero-order valence-electron chi connectivity index (χ0n) is 20.8. The summed E-state index contributed by atoms with van der Waals surface area (Å²) in [5.41, 5.74) is 6.64. The molecule has 194 valence electrons. The molecule has 1 aromatic heterocycles. The number of sulfone groups is 1. The van der Waals surface area contributed by atoms with Gasteiger partial charge in [0.15, 0.2) is 9.84 Å². The van der Waals surface area contributed by atoms with Crippen LogP contribution in [0.3, 0.4) is 0 Å². The average molecular weight is 526 g/mol. The molecule has 3 aromatic rings. The van der Waals surface area contributed by atoms with E-state index in [4.69, 9.17) is 11.1 Å². The fourth-order valence-corrected chi connectivity index (χ4v) is 3.77. The number of nitrogens with one attached hydrogen (secondary N) is 4. The van der Waals surface area contributed by atoms with E-state index in [2.05, 4.69) is 25.9 Å². The molecule has 6 N–H and O–H groups in total. The molecule has 2 aromatic carbocycles. The lowest BCUT2D eigenvalue weighted by molar-refractivity contribution is 0.262. The second-order valence-corrected chi connectivity index (χ2v) is 11.2. The van der Waals surface area contributed by atoms with Crippen LogP contribution in [0.15, 0.2) is 65.8 Å². The number of nitrogens with zero attached hydrogens (tertiary/aromatic N) is 2. The van der Waals surface area contributed by atoms with Gasteiger partial charge in [0.1, 0.15) is 5.82 Å². The topological polar surface area (TPSA) is 163 Å². The van der Waals surface area contributed by atoms with Crippen LogP contribution in [0.2, 0.25) is 0 Å². The van der Waals surface area contributed by atoms with Gasteiger partial charge in [0, 0.05) is 41.1 Å². The molecule has 0 atom stereocenters. The van der Waals surface area contributed by atoms with E-state index in [1.165, 1.54) is 48.7 Å². The fraction of sp³-hybridized carbons (Fsp3) is 0.200. The molecule has 37 heavy (non-hydrogen) atoms. The number of halogens is 1. The van der Waals surface area contributed by atoms with Gasteiger partial charge in [-0.25, -0.2) is 27.6 Å². The molecule has 0 fully saturated rings. The number of anilines is 3. The number of nitrogen functional groups attached to an aromatic ring is 1. The van der Waals surface area contributed by atoms with E-state index >= 15 is 0 Å². The number of aromatic nitrogens is 2. The first kappa shape index (κ1) is 27.3. The summed E-state index contributed by atoms with van der Waals surface area (Å²) in [6, 6.07) is 10.4.